The molecule has 0 saturated heterocycles. The summed E-state index contributed by atoms with van der Waals surface area (Å²) in [6.45, 7) is 6.88. The summed E-state index contributed by atoms with van der Waals surface area (Å²) in [4.78, 5) is 2.42. The fraction of sp³-hybridized carbons (Fsp3) is 0.0952. The van der Waals surface area contributed by atoms with Gasteiger partial charge in [0.25, 0.3) is 6.71 Å². The summed E-state index contributed by atoms with van der Waals surface area (Å²) < 4.78 is 9.41. The van der Waals surface area contributed by atoms with E-state index in [2.05, 4.69) is 165 Å². The Morgan fingerprint density at radius 2 is 1.28 bits per heavy atom. The van der Waals surface area contributed by atoms with Crippen molar-refractivity contribution in [3.05, 3.63) is 145 Å². The Hall–Kier alpha value is -5.06. The van der Waals surface area contributed by atoms with Crippen LogP contribution < -0.4 is 25.3 Å². The van der Waals surface area contributed by atoms with Gasteiger partial charge in [0.05, 0.1) is 0 Å². The van der Waals surface area contributed by atoms with E-state index in [1.807, 2.05) is 11.3 Å². The summed E-state index contributed by atoms with van der Waals surface area (Å²) in [6.07, 6.45) is 0. The van der Waals surface area contributed by atoms with Crippen molar-refractivity contribution >= 4 is 60.9 Å². The second-order valence-corrected chi connectivity index (χ2v) is 14.5. The highest BCUT2D eigenvalue weighted by Gasteiger charge is 2.43. The maximum atomic E-state index is 6.88. The first kappa shape index (κ1) is 27.3. The van der Waals surface area contributed by atoms with E-state index in [0.29, 0.717) is 0 Å². The van der Waals surface area contributed by atoms with Crippen LogP contribution in [0.3, 0.4) is 0 Å². The number of hydrogen-bond donors (Lipinski definition) is 0. The first-order valence-electron chi connectivity index (χ1n) is 16.0. The minimum absolute atomic E-state index is 0.0832. The highest BCUT2D eigenvalue weighted by atomic mass is 32.1. The zero-order chi connectivity index (χ0) is 31.0. The molecule has 0 fully saturated rings. The van der Waals surface area contributed by atoms with Gasteiger partial charge in [0, 0.05) is 31.9 Å². The number of ether oxygens (including phenoxy) is 1. The molecule has 4 heteroatoms. The second-order valence-electron chi connectivity index (χ2n) is 13.4. The lowest BCUT2D eigenvalue weighted by molar-refractivity contribution is 0.494. The van der Waals surface area contributed by atoms with E-state index < -0.39 is 0 Å². The predicted octanol–water partition coefficient (Wildman–Crippen LogP) is 9.94. The monoisotopic (exact) mass is 609 g/mol. The van der Waals surface area contributed by atoms with E-state index in [4.69, 9.17) is 4.74 Å². The third-order valence-electron chi connectivity index (χ3n) is 9.50. The van der Waals surface area contributed by atoms with Crippen molar-refractivity contribution in [3.8, 4) is 33.8 Å². The van der Waals surface area contributed by atoms with Gasteiger partial charge in [-0.3, -0.25) is 0 Å². The van der Waals surface area contributed by atoms with Crippen molar-refractivity contribution in [2.45, 2.75) is 26.2 Å². The van der Waals surface area contributed by atoms with Gasteiger partial charge in [-0.05, 0) is 86.6 Å². The van der Waals surface area contributed by atoms with Gasteiger partial charge < -0.3 is 9.64 Å². The largest absolute Gasteiger partial charge is 0.457 e. The quantitative estimate of drug-likeness (QED) is 0.185. The molecule has 3 heterocycles. The van der Waals surface area contributed by atoms with E-state index >= 15 is 0 Å². The third kappa shape index (κ3) is 4.24. The molecule has 0 radical (unpaired) electrons. The third-order valence-corrected chi connectivity index (χ3v) is 10.7. The van der Waals surface area contributed by atoms with Crippen LogP contribution in [-0.4, -0.2) is 6.71 Å². The number of para-hydroxylation sites is 1. The second kappa shape index (κ2) is 10.2. The zero-order valence-corrected chi connectivity index (χ0v) is 26.9. The molecule has 0 atom stereocenters. The lowest BCUT2D eigenvalue weighted by Crippen LogP contribution is -2.58. The van der Waals surface area contributed by atoms with Gasteiger partial charge in [-0.2, -0.15) is 0 Å². The Kier molecular flexibility index (Phi) is 6.07. The average Bonchev–Trinajstić information content (AvgIpc) is 3.46. The van der Waals surface area contributed by atoms with Crippen LogP contribution in [0.2, 0.25) is 0 Å². The number of benzene rings is 6. The molecule has 2 aliphatic heterocycles. The number of hydrogen-bond acceptors (Lipinski definition) is 3. The van der Waals surface area contributed by atoms with Gasteiger partial charge in [0.1, 0.15) is 11.5 Å². The molecule has 9 rings (SSSR count). The fourth-order valence-corrected chi connectivity index (χ4v) is 8.39. The first-order chi connectivity index (χ1) is 22.4. The van der Waals surface area contributed by atoms with Crippen molar-refractivity contribution in [2.24, 2.45) is 0 Å². The van der Waals surface area contributed by atoms with Crippen molar-refractivity contribution in [3.63, 3.8) is 0 Å². The minimum atomic E-state index is 0.0832. The summed E-state index contributed by atoms with van der Waals surface area (Å²) in [6, 6.07) is 50.8. The SMILES string of the molecule is CC(C)(C)c1ccc(-c2ccc3c(c2)N(c2ccccc2)c2cccc4c2B3c2sc3ccc(-c5ccccc5)cc3c2O4)cc1. The van der Waals surface area contributed by atoms with Gasteiger partial charge in [-0.1, -0.05) is 118 Å². The first-order valence-corrected chi connectivity index (χ1v) is 16.8. The van der Waals surface area contributed by atoms with Gasteiger partial charge in [-0.15, -0.1) is 11.3 Å². The van der Waals surface area contributed by atoms with Crippen molar-refractivity contribution in [1.29, 1.82) is 0 Å². The van der Waals surface area contributed by atoms with Crippen LogP contribution in [0.25, 0.3) is 32.3 Å². The molecule has 0 aliphatic carbocycles. The molecule has 0 N–H and O–H groups in total. The van der Waals surface area contributed by atoms with Crippen LogP contribution in [0.15, 0.2) is 140 Å². The zero-order valence-electron chi connectivity index (χ0n) is 26.1. The Morgan fingerprint density at radius 3 is 2.04 bits per heavy atom. The van der Waals surface area contributed by atoms with Crippen LogP contribution in [0.1, 0.15) is 26.3 Å². The van der Waals surface area contributed by atoms with Crippen LogP contribution in [-0.2, 0) is 5.41 Å². The fourth-order valence-electron chi connectivity index (χ4n) is 7.15. The Morgan fingerprint density at radius 1 is 0.609 bits per heavy atom. The molecule has 220 valence electrons. The van der Waals surface area contributed by atoms with Gasteiger partial charge in [0.15, 0.2) is 0 Å². The normalized spacial score (nSPS) is 13.2. The number of anilines is 3. The number of rotatable bonds is 3. The van der Waals surface area contributed by atoms with E-state index in [9.17, 15) is 0 Å². The highest BCUT2D eigenvalue weighted by molar-refractivity contribution is 7.33. The van der Waals surface area contributed by atoms with Crippen LogP contribution >= 0.6 is 11.3 Å². The number of fused-ring (bicyclic) bond motifs is 6. The minimum Gasteiger partial charge on any atom is -0.457 e. The van der Waals surface area contributed by atoms with Crippen molar-refractivity contribution in [2.75, 3.05) is 4.90 Å². The molecule has 0 spiro atoms. The summed E-state index contributed by atoms with van der Waals surface area (Å²) in [7, 11) is 0. The molecule has 46 heavy (non-hydrogen) atoms. The van der Waals surface area contributed by atoms with Crippen LogP contribution in [0, 0.1) is 0 Å². The summed E-state index contributed by atoms with van der Waals surface area (Å²) >= 11 is 1.86. The molecule has 1 aromatic heterocycles. The van der Waals surface area contributed by atoms with Crippen molar-refractivity contribution < 1.29 is 4.74 Å². The Bertz CT molecular complexity index is 2270. The molecular formula is C42H32BNOS. The van der Waals surface area contributed by atoms with E-state index in [1.54, 1.807) is 0 Å². The Labute approximate surface area is 274 Å². The molecule has 0 unspecified atom stereocenters. The number of thiophene rings is 1. The average molecular weight is 610 g/mol. The molecular weight excluding hydrogens is 577 g/mol. The molecule has 0 saturated carbocycles. The lowest BCUT2D eigenvalue weighted by atomic mass is 9.37. The maximum Gasteiger partial charge on any atom is 0.268 e. The van der Waals surface area contributed by atoms with Gasteiger partial charge in [0.2, 0.25) is 0 Å². The van der Waals surface area contributed by atoms with Crippen LogP contribution in [0.5, 0.6) is 11.5 Å². The van der Waals surface area contributed by atoms with Gasteiger partial charge in [-0.25, -0.2) is 0 Å². The number of nitrogens with zero attached hydrogens (tertiary/aromatic N) is 1. The molecule has 0 amide bonds. The molecule has 2 aliphatic rings. The molecule has 2 nitrogen and oxygen atoms in total. The summed E-state index contributed by atoms with van der Waals surface area (Å²) in [5.74, 6) is 1.93. The van der Waals surface area contributed by atoms with E-state index in [-0.39, 0.29) is 12.1 Å². The van der Waals surface area contributed by atoms with Crippen LogP contribution in [0.4, 0.5) is 17.1 Å². The molecule has 0 bridgehead atoms. The summed E-state index contributed by atoms with van der Waals surface area (Å²) in [5.41, 5.74) is 12.4. The molecule has 6 aromatic carbocycles. The van der Waals surface area contributed by atoms with E-state index in [0.717, 1.165) is 17.2 Å². The predicted molar refractivity (Wildman–Crippen MR) is 197 cm³/mol. The highest BCUT2D eigenvalue weighted by Crippen LogP contribution is 2.45. The Balaban J connectivity index is 1.26. The molecule has 7 aromatic rings. The standard InChI is InChI=1S/C42H32BNOS/c1-42(2,3)31-21-17-28(18-22-31)30-19-23-34-36(26-30)44(32-13-8-5-9-14-32)35-15-10-16-37-39(35)43(34)41-40(45-37)33-25-29(20-24-38(33)46-41)27-11-6-4-7-12-27/h4-26H,1-3H3. The van der Waals surface area contributed by atoms with E-state index in [1.165, 1.54) is 65.0 Å². The maximum absolute atomic E-state index is 6.88. The smallest absolute Gasteiger partial charge is 0.268 e. The van der Waals surface area contributed by atoms with Crippen molar-refractivity contribution in [1.82, 2.24) is 0 Å². The topological polar surface area (TPSA) is 12.5 Å². The summed E-state index contributed by atoms with van der Waals surface area (Å²) in [5, 5.41) is 1.18. The van der Waals surface area contributed by atoms with Gasteiger partial charge >= 0.3 is 0 Å². The lowest BCUT2D eigenvalue weighted by Gasteiger charge is -2.39.